The van der Waals surface area contributed by atoms with Crippen molar-refractivity contribution in [3.8, 4) is 0 Å². The van der Waals surface area contributed by atoms with E-state index in [0.717, 1.165) is 16.1 Å². The van der Waals surface area contributed by atoms with E-state index >= 15 is 0 Å². The SMILES string of the molecule is c1ccc2c(c1)[nH]c1nc3sccn3c12. The lowest BCUT2D eigenvalue weighted by Crippen LogP contribution is -1.74. The number of aromatic amines is 1. The maximum Gasteiger partial charge on any atom is 0.196 e. The minimum atomic E-state index is 0.975. The van der Waals surface area contributed by atoms with Gasteiger partial charge in [-0.1, -0.05) is 18.2 Å². The molecule has 0 fully saturated rings. The Morgan fingerprint density at radius 2 is 2.20 bits per heavy atom. The molecule has 0 unspecified atom stereocenters. The second kappa shape index (κ2) is 2.41. The molecule has 3 aromatic heterocycles. The van der Waals surface area contributed by atoms with Crippen molar-refractivity contribution in [1.82, 2.24) is 14.4 Å². The number of benzene rings is 1. The van der Waals surface area contributed by atoms with E-state index in [1.54, 1.807) is 11.3 Å². The summed E-state index contributed by atoms with van der Waals surface area (Å²) in [5.41, 5.74) is 3.31. The number of thiazole rings is 1. The summed E-state index contributed by atoms with van der Waals surface area (Å²) in [6, 6.07) is 8.30. The molecule has 0 aliphatic carbocycles. The number of imidazole rings is 1. The number of rotatable bonds is 0. The van der Waals surface area contributed by atoms with Gasteiger partial charge in [0.2, 0.25) is 0 Å². The van der Waals surface area contributed by atoms with Crippen molar-refractivity contribution in [1.29, 1.82) is 0 Å². The molecule has 4 rings (SSSR count). The first-order chi connectivity index (χ1) is 7.43. The Kier molecular flexibility index (Phi) is 1.20. The smallest absolute Gasteiger partial charge is 0.196 e. The number of fused-ring (bicyclic) bond motifs is 5. The highest BCUT2D eigenvalue weighted by molar-refractivity contribution is 7.15. The van der Waals surface area contributed by atoms with Crippen molar-refractivity contribution >= 4 is 38.4 Å². The van der Waals surface area contributed by atoms with Gasteiger partial charge < -0.3 is 4.98 Å². The molecule has 4 heteroatoms. The van der Waals surface area contributed by atoms with Gasteiger partial charge in [0.05, 0.1) is 5.52 Å². The standard InChI is InChI=1S/C11H7N3S/c1-2-4-8-7(3-1)9-10(12-8)13-11-14(9)5-6-15-11/h1-6,12H. The Bertz CT molecular complexity index is 775. The van der Waals surface area contributed by atoms with Gasteiger partial charge in [-0.15, -0.1) is 11.3 Å². The van der Waals surface area contributed by atoms with Gasteiger partial charge in [-0.05, 0) is 6.07 Å². The molecule has 0 aliphatic rings. The first kappa shape index (κ1) is 7.48. The van der Waals surface area contributed by atoms with Gasteiger partial charge >= 0.3 is 0 Å². The van der Waals surface area contributed by atoms with Crippen molar-refractivity contribution in [3.05, 3.63) is 35.8 Å². The molecule has 0 amide bonds. The zero-order chi connectivity index (χ0) is 9.83. The Labute approximate surface area is 89.0 Å². The van der Waals surface area contributed by atoms with Crippen molar-refractivity contribution in [3.63, 3.8) is 0 Å². The molecule has 3 nitrogen and oxygen atoms in total. The van der Waals surface area contributed by atoms with Crippen molar-refractivity contribution < 1.29 is 0 Å². The van der Waals surface area contributed by atoms with Crippen LogP contribution < -0.4 is 0 Å². The molecule has 15 heavy (non-hydrogen) atoms. The van der Waals surface area contributed by atoms with E-state index in [9.17, 15) is 0 Å². The third-order valence-corrected chi connectivity index (χ3v) is 3.45. The quantitative estimate of drug-likeness (QED) is 0.478. The molecule has 0 radical (unpaired) electrons. The molecular formula is C11H7N3S. The fraction of sp³-hybridized carbons (Fsp3) is 0. The minimum absolute atomic E-state index is 0.975. The van der Waals surface area contributed by atoms with E-state index in [1.807, 2.05) is 6.07 Å². The maximum atomic E-state index is 4.54. The Hall–Kier alpha value is -1.81. The van der Waals surface area contributed by atoms with E-state index in [-0.39, 0.29) is 0 Å². The lowest BCUT2D eigenvalue weighted by molar-refractivity contribution is 1.29. The van der Waals surface area contributed by atoms with E-state index < -0.39 is 0 Å². The molecule has 0 spiro atoms. The monoisotopic (exact) mass is 213 g/mol. The zero-order valence-electron chi connectivity index (χ0n) is 7.77. The van der Waals surface area contributed by atoms with Crippen LogP contribution in [0.2, 0.25) is 0 Å². The summed E-state index contributed by atoms with van der Waals surface area (Å²) in [6.45, 7) is 0. The first-order valence-electron chi connectivity index (χ1n) is 4.75. The molecule has 0 saturated heterocycles. The van der Waals surface area contributed by atoms with Crippen LogP contribution in [0.4, 0.5) is 0 Å². The van der Waals surface area contributed by atoms with Crippen LogP contribution in [0.5, 0.6) is 0 Å². The molecule has 0 aliphatic heterocycles. The highest BCUT2D eigenvalue weighted by Crippen LogP contribution is 2.27. The third kappa shape index (κ3) is 0.824. The fourth-order valence-corrected chi connectivity index (χ4v) is 2.77. The molecule has 1 N–H and O–H groups in total. The summed E-state index contributed by atoms with van der Waals surface area (Å²) in [4.78, 5) is 8.91. The first-order valence-corrected chi connectivity index (χ1v) is 5.63. The lowest BCUT2D eigenvalue weighted by atomic mass is 10.2. The van der Waals surface area contributed by atoms with Crippen molar-refractivity contribution in [2.75, 3.05) is 0 Å². The predicted octanol–water partition coefficient (Wildman–Crippen LogP) is 3.03. The van der Waals surface area contributed by atoms with E-state index in [0.29, 0.717) is 0 Å². The van der Waals surface area contributed by atoms with Crippen LogP contribution in [0.3, 0.4) is 0 Å². The zero-order valence-corrected chi connectivity index (χ0v) is 8.58. The minimum Gasteiger partial charge on any atom is -0.338 e. The average Bonchev–Trinajstić information content (AvgIpc) is 2.85. The van der Waals surface area contributed by atoms with Crippen LogP contribution in [-0.4, -0.2) is 14.4 Å². The Morgan fingerprint density at radius 1 is 1.27 bits per heavy atom. The van der Waals surface area contributed by atoms with Gasteiger partial charge in [-0.25, -0.2) is 4.98 Å². The number of nitrogens with one attached hydrogen (secondary N) is 1. The molecule has 0 bridgehead atoms. The third-order valence-electron chi connectivity index (χ3n) is 2.70. The number of hydrogen-bond donors (Lipinski definition) is 1. The van der Waals surface area contributed by atoms with Gasteiger partial charge in [0.1, 0.15) is 0 Å². The van der Waals surface area contributed by atoms with Gasteiger partial charge in [0, 0.05) is 22.5 Å². The topological polar surface area (TPSA) is 33.1 Å². The molecule has 72 valence electrons. The number of nitrogens with zero attached hydrogens (tertiary/aromatic N) is 2. The maximum absolute atomic E-state index is 4.54. The number of H-pyrrole nitrogens is 1. The fourth-order valence-electron chi connectivity index (χ4n) is 2.06. The van der Waals surface area contributed by atoms with Crippen LogP contribution >= 0.6 is 11.3 Å². The van der Waals surface area contributed by atoms with Gasteiger partial charge in [0.15, 0.2) is 10.6 Å². The van der Waals surface area contributed by atoms with Crippen molar-refractivity contribution in [2.45, 2.75) is 0 Å². The summed E-state index contributed by atoms with van der Waals surface area (Å²) < 4.78 is 2.14. The largest absolute Gasteiger partial charge is 0.338 e. The normalized spacial score (nSPS) is 12.0. The van der Waals surface area contributed by atoms with Crippen LogP contribution in [0.1, 0.15) is 0 Å². The average molecular weight is 213 g/mol. The van der Waals surface area contributed by atoms with Gasteiger partial charge in [-0.2, -0.15) is 0 Å². The van der Waals surface area contributed by atoms with E-state index in [1.165, 1.54) is 10.9 Å². The summed E-state index contributed by atoms with van der Waals surface area (Å²) >= 11 is 1.66. The molecular weight excluding hydrogens is 206 g/mol. The van der Waals surface area contributed by atoms with Gasteiger partial charge in [-0.3, -0.25) is 4.40 Å². The van der Waals surface area contributed by atoms with Crippen molar-refractivity contribution in [2.24, 2.45) is 0 Å². The molecule has 0 atom stereocenters. The summed E-state index contributed by atoms with van der Waals surface area (Å²) in [5, 5.41) is 3.29. The molecule has 0 saturated carbocycles. The van der Waals surface area contributed by atoms with Crippen LogP contribution in [-0.2, 0) is 0 Å². The van der Waals surface area contributed by atoms with Crippen LogP contribution in [0.25, 0.3) is 27.0 Å². The Morgan fingerprint density at radius 3 is 3.20 bits per heavy atom. The Balaban J connectivity index is 2.42. The summed E-state index contributed by atoms with van der Waals surface area (Å²) in [6.07, 6.45) is 2.07. The molecule has 4 aromatic rings. The second-order valence-corrected chi connectivity index (χ2v) is 4.41. The van der Waals surface area contributed by atoms with Crippen LogP contribution in [0.15, 0.2) is 35.8 Å². The van der Waals surface area contributed by atoms with Gasteiger partial charge in [0.25, 0.3) is 0 Å². The number of hydrogen-bond acceptors (Lipinski definition) is 2. The predicted molar refractivity (Wildman–Crippen MR) is 62.4 cm³/mol. The summed E-state index contributed by atoms with van der Waals surface area (Å²) in [5.74, 6) is 0. The highest BCUT2D eigenvalue weighted by atomic mass is 32.1. The lowest BCUT2D eigenvalue weighted by Gasteiger charge is -1.88. The van der Waals surface area contributed by atoms with E-state index in [4.69, 9.17) is 0 Å². The number of para-hydroxylation sites is 1. The molecule has 1 aromatic carbocycles. The number of aromatic nitrogens is 3. The second-order valence-electron chi connectivity index (χ2n) is 3.54. The van der Waals surface area contributed by atoms with Crippen LogP contribution in [0, 0.1) is 0 Å². The van der Waals surface area contributed by atoms with E-state index in [2.05, 4.69) is 44.1 Å². The molecule has 3 heterocycles. The summed E-state index contributed by atoms with van der Waals surface area (Å²) in [7, 11) is 0. The highest BCUT2D eigenvalue weighted by Gasteiger charge is 2.10.